The van der Waals surface area contributed by atoms with Gasteiger partial charge in [-0.25, -0.2) is 0 Å². The first kappa shape index (κ1) is 14.7. The second-order valence-electron chi connectivity index (χ2n) is 5.62. The van der Waals surface area contributed by atoms with E-state index >= 15 is 0 Å². The molecule has 0 fully saturated rings. The fraction of sp³-hybridized carbons (Fsp3) is 0.412. The number of furan rings is 1. The van der Waals surface area contributed by atoms with E-state index in [1.807, 2.05) is 24.3 Å². The third kappa shape index (κ3) is 3.89. The molecule has 112 valence electrons. The second-order valence-corrected chi connectivity index (χ2v) is 6.54. The molecule has 2 unspecified atom stereocenters. The molecular weight excluding hydrogens is 330 g/mol. The molecule has 2 atom stereocenters. The molecule has 0 aliphatic carbocycles. The summed E-state index contributed by atoms with van der Waals surface area (Å²) in [5, 5.41) is 3.56. The highest BCUT2D eigenvalue weighted by Crippen LogP contribution is 2.30. The zero-order valence-electron chi connectivity index (χ0n) is 12.1. The summed E-state index contributed by atoms with van der Waals surface area (Å²) in [5.74, 6) is 2.08. The van der Waals surface area contributed by atoms with Gasteiger partial charge in [0.05, 0.1) is 6.26 Å². The molecule has 0 spiro atoms. The van der Waals surface area contributed by atoms with Crippen LogP contribution in [-0.4, -0.2) is 18.7 Å². The molecule has 1 N–H and O–H groups in total. The molecule has 1 aromatic heterocycles. The maximum absolute atomic E-state index is 5.96. The van der Waals surface area contributed by atoms with Crippen molar-refractivity contribution in [3.8, 4) is 5.75 Å². The van der Waals surface area contributed by atoms with Gasteiger partial charge in [0.15, 0.2) is 0 Å². The first-order valence-corrected chi connectivity index (χ1v) is 8.21. The lowest BCUT2D eigenvalue weighted by Gasteiger charge is -2.17. The molecular formula is C17H20BrNO2. The fourth-order valence-electron chi connectivity index (χ4n) is 2.65. The smallest absolute Gasteiger partial charge is 0.123 e. The van der Waals surface area contributed by atoms with Gasteiger partial charge in [0.1, 0.15) is 17.6 Å². The average molecular weight is 350 g/mol. The maximum Gasteiger partial charge on any atom is 0.123 e. The minimum atomic E-state index is 0.236. The van der Waals surface area contributed by atoms with Gasteiger partial charge in [0, 0.05) is 29.9 Å². The van der Waals surface area contributed by atoms with E-state index in [2.05, 4.69) is 34.2 Å². The average Bonchev–Trinajstić information content (AvgIpc) is 3.11. The predicted octanol–water partition coefficient (Wildman–Crippen LogP) is 3.96. The largest absolute Gasteiger partial charge is 0.488 e. The zero-order chi connectivity index (χ0) is 14.7. The van der Waals surface area contributed by atoms with Crippen LogP contribution in [-0.2, 0) is 12.8 Å². The molecule has 1 aliphatic rings. The normalized spacial score (nSPS) is 18.3. The van der Waals surface area contributed by atoms with Gasteiger partial charge in [0.2, 0.25) is 0 Å². The number of nitrogens with one attached hydrogen (secondary N) is 1. The maximum atomic E-state index is 5.96. The summed E-state index contributed by atoms with van der Waals surface area (Å²) in [5.41, 5.74) is 1.29. The molecule has 21 heavy (non-hydrogen) atoms. The molecule has 2 heterocycles. The van der Waals surface area contributed by atoms with Crippen molar-refractivity contribution >= 4 is 15.9 Å². The molecule has 2 aromatic rings. The van der Waals surface area contributed by atoms with Crippen LogP contribution in [0, 0.1) is 0 Å². The lowest BCUT2D eigenvalue weighted by atomic mass is 10.1. The highest BCUT2D eigenvalue weighted by molar-refractivity contribution is 9.10. The summed E-state index contributed by atoms with van der Waals surface area (Å²) in [6.45, 7) is 3.09. The van der Waals surface area contributed by atoms with E-state index in [1.165, 1.54) is 5.56 Å². The van der Waals surface area contributed by atoms with Crippen molar-refractivity contribution in [3.05, 3.63) is 52.4 Å². The van der Waals surface area contributed by atoms with Gasteiger partial charge in [-0.2, -0.15) is 0 Å². The van der Waals surface area contributed by atoms with Crippen molar-refractivity contribution < 1.29 is 9.15 Å². The summed E-state index contributed by atoms with van der Waals surface area (Å²) >= 11 is 3.51. The van der Waals surface area contributed by atoms with Gasteiger partial charge in [-0.3, -0.25) is 0 Å². The molecule has 0 saturated heterocycles. The fourth-order valence-corrected chi connectivity index (χ4v) is 3.06. The molecule has 3 rings (SSSR count). The quantitative estimate of drug-likeness (QED) is 0.857. The van der Waals surface area contributed by atoms with E-state index in [0.717, 1.165) is 41.8 Å². The molecule has 4 heteroatoms. The van der Waals surface area contributed by atoms with Crippen molar-refractivity contribution in [1.29, 1.82) is 0 Å². The number of rotatable bonds is 6. The minimum Gasteiger partial charge on any atom is -0.488 e. The van der Waals surface area contributed by atoms with E-state index < -0.39 is 0 Å². The zero-order valence-corrected chi connectivity index (χ0v) is 13.7. The summed E-state index contributed by atoms with van der Waals surface area (Å²) in [4.78, 5) is 0. The van der Waals surface area contributed by atoms with Crippen LogP contribution in [0.5, 0.6) is 5.75 Å². The summed E-state index contributed by atoms with van der Waals surface area (Å²) in [6.07, 6.45) is 4.99. The van der Waals surface area contributed by atoms with Gasteiger partial charge in [-0.05, 0) is 49.2 Å². The minimum absolute atomic E-state index is 0.236. The third-order valence-corrected chi connectivity index (χ3v) is 4.35. The Bertz CT molecular complexity index is 582. The third-order valence-electron chi connectivity index (χ3n) is 3.86. The van der Waals surface area contributed by atoms with E-state index in [1.54, 1.807) is 6.26 Å². The number of hydrogen-bond acceptors (Lipinski definition) is 3. The monoisotopic (exact) mass is 349 g/mol. The van der Waals surface area contributed by atoms with Crippen molar-refractivity contribution in [2.24, 2.45) is 0 Å². The number of halogens is 1. The number of hydrogen-bond donors (Lipinski definition) is 1. The van der Waals surface area contributed by atoms with Crippen LogP contribution in [0.2, 0.25) is 0 Å². The number of benzene rings is 1. The van der Waals surface area contributed by atoms with E-state index in [9.17, 15) is 0 Å². The molecule has 1 aliphatic heterocycles. The molecule has 0 amide bonds. The van der Waals surface area contributed by atoms with Crippen LogP contribution < -0.4 is 10.1 Å². The Hall–Kier alpha value is -1.26. The van der Waals surface area contributed by atoms with Crippen molar-refractivity contribution in [1.82, 2.24) is 5.32 Å². The highest BCUT2D eigenvalue weighted by atomic mass is 79.9. The van der Waals surface area contributed by atoms with E-state index in [4.69, 9.17) is 9.15 Å². The van der Waals surface area contributed by atoms with Crippen molar-refractivity contribution in [2.45, 2.75) is 38.3 Å². The molecule has 3 nitrogen and oxygen atoms in total. The van der Waals surface area contributed by atoms with Crippen molar-refractivity contribution in [3.63, 3.8) is 0 Å². The number of fused-ring (bicyclic) bond motifs is 1. The number of ether oxygens (including phenoxy) is 1. The second kappa shape index (κ2) is 6.67. The summed E-state index contributed by atoms with van der Waals surface area (Å²) < 4.78 is 12.4. The number of aryl methyl sites for hydroxylation is 1. The van der Waals surface area contributed by atoms with Crippen LogP contribution in [0.1, 0.15) is 24.7 Å². The van der Waals surface area contributed by atoms with Crippen LogP contribution >= 0.6 is 15.9 Å². The Morgan fingerprint density at radius 2 is 2.29 bits per heavy atom. The predicted molar refractivity (Wildman–Crippen MR) is 86.8 cm³/mol. The standard InChI is InChI=1S/C17H20BrNO2/c1-12(4-6-15-3-2-8-20-15)19-11-16-10-13-9-14(18)5-7-17(13)21-16/h2-3,5,7-9,12,16,19H,4,6,10-11H2,1H3. The van der Waals surface area contributed by atoms with Gasteiger partial charge >= 0.3 is 0 Å². The van der Waals surface area contributed by atoms with Crippen LogP contribution in [0.15, 0.2) is 45.5 Å². The summed E-state index contributed by atoms with van der Waals surface area (Å²) in [7, 11) is 0. The Morgan fingerprint density at radius 1 is 1.38 bits per heavy atom. The first-order valence-electron chi connectivity index (χ1n) is 7.41. The lowest BCUT2D eigenvalue weighted by molar-refractivity contribution is 0.221. The summed E-state index contributed by atoms with van der Waals surface area (Å²) in [6, 6.07) is 10.6. The topological polar surface area (TPSA) is 34.4 Å². The van der Waals surface area contributed by atoms with E-state index in [0.29, 0.717) is 6.04 Å². The Balaban J connectivity index is 1.42. The Kier molecular flexibility index (Phi) is 4.66. The van der Waals surface area contributed by atoms with Crippen molar-refractivity contribution in [2.75, 3.05) is 6.54 Å². The molecule has 1 aromatic carbocycles. The molecule has 0 radical (unpaired) electrons. The van der Waals surface area contributed by atoms with E-state index in [-0.39, 0.29) is 6.10 Å². The first-order chi connectivity index (χ1) is 10.2. The van der Waals surface area contributed by atoms with Gasteiger partial charge in [0.25, 0.3) is 0 Å². The van der Waals surface area contributed by atoms with Crippen LogP contribution in [0.4, 0.5) is 0 Å². The van der Waals surface area contributed by atoms with Gasteiger partial charge < -0.3 is 14.5 Å². The van der Waals surface area contributed by atoms with Gasteiger partial charge in [-0.15, -0.1) is 0 Å². The van der Waals surface area contributed by atoms with Crippen LogP contribution in [0.25, 0.3) is 0 Å². The molecule has 0 bridgehead atoms. The Morgan fingerprint density at radius 3 is 3.10 bits per heavy atom. The van der Waals surface area contributed by atoms with Gasteiger partial charge in [-0.1, -0.05) is 15.9 Å². The van der Waals surface area contributed by atoms with Crippen LogP contribution in [0.3, 0.4) is 0 Å². The Labute approximate surface area is 133 Å². The highest BCUT2D eigenvalue weighted by Gasteiger charge is 2.23. The lowest BCUT2D eigenvalue weighted by Crippen LogP contribution is -2.36. The SMILES string of the molecule is CC(CCc1ccco1)NCC1Cc2cc(Br)ccc2O1. The molecule has 0 saturated carbocycles.